The lowest BCUT2D eigenvalue weighted by molar-refractivity contribution is -0.111. The largest absolute Gasteiger partial charge is 0.393 e. The van der Waals surface area contributed by atoms with Gasteiger partial charge >= 0.3 is 0 Å². The number of aliphatic hydroxyl groups is 1. The molecule has 4 aliphatic rings. The predicted octanol–water partition coefficient (Wildman–Crippen LogP) is 4.85. The fraction of sp³-hybridized carbons (Fsp3) is 0.696. The van der Waals surface area contributed by atoms with Gasteiger partial charge in [0.1, 0.15) is 0 Å². The predicted molar refractivity (Wildman–Crippen MR) is 101 cm³/mol. The molecule has 0 aromatic carbocycles. The Kier molecular flexibility index (Phi) is 3.92. The van der Waals surface area contributed by atoms with Gasteiger partial charge in [0.25, 0.3) is 0 Å². The number of hydrogen-bond donors (Lipinski definition) is 1. The van der Waals surface area contributed by atoms with Gasteiger partial charge in [-0.1, -0.05) is 31.1 Å². The maximum Gasteiger partial charge on any atom is 0.178 e. The van der Waals surface area contributed by atoms with E-state index >= 15 is 0 Å². The first-order valence-electron chi connectivity index (χ1n) is 10.0. The summed E-state index contributed by atoms with van der Waals surface area (Å²) < 4.78 is 0. The summed E-state index contributed by atoms with van der Waals surface area (Å²) in [5.41, 5.74) is 2.73. The third-order valence-electron chi connectivity index (χ3n) is 8.65. The van der Waals surface area contributed by atoms with Crippen molar-refractivity contribution < 1.29 is 9.90 Å². The molecule has 0 aromatic rings. The van der Waals surface area contributed by atoms with Gasteiger partial charge in [-0.25, -0.2) is 0 Å². The van der Waals surface area contributed by atoms with Crippen LogP contribution in [0.4, 0.5) is 0 Å². The highest BCUT2D eigenvalue weighted by Crippen LogP contribution is 2.67. The number of fused-ring (bicyclic) bond motifs is 5. The number of rotatable bonds is 2. The first-order valence-corrected chi connectivity index (χ1v) is 10.0. The van der Waals surface area contributed by atoms with Gasteiger partial charge in [0.15, 0.2) is 5.78 Å². The van der Waals surface area contributed by atoms with Crippen LogP contribution in [0, 0.1) is 34.5 Å². The fourth-order valence-corrected chi connectivity index (χ4v) is 7.28. The van der Waals surface area contributed by atoms with E-state index < -0.39 is 0 Å². The molecule has 3 saturated carbocycles. The number of hydrogen-bond acceptors (Lipinski definition) is 2. The Balaban J connectivity index is 1.75. The Morgan fingerprint density at radius 1 is 1.32 bits per heavy atom. The lowest BCUT2D eigenvalue weighted by Gasteiger charge is -2.58. The summed E-state index contributed by atoms with van der Waals surface area (Å²) >= 11 is 0. The topological polar surface area (TPSA) is 37.3 Å². The first kappa shape index (κ1) is 17.3. The standard InChI is InChI=1S/C23H32O2/c1-5-6-15-12-20(25)22(3)10-9-19-18(21(15)22)8-7-16-13-17(24)11-14(2)23(16,19)4/h5,11,13,15,18-21,25H,1,6-10,12H2,2-4H3/t15-,18+,19-,20-,21-,22+,23-/m0/s1. The van der Waals surface area contributed by atoms with Crippen LogP contribution in [0.25, 0.3) is 0 Å². The first-order chi connectivity index (χ1) is 11.8. The van der Waals surface area contributed by atoms with E-state index in [1.54, 1.807) is 0 Å². The van der Waals surface area contributed by atoms with Crippen molar-refractivity contribution in [1.29, 1.82) is 0 Å². The van der Waals surface area contributed by atoms with Gasteiger partial charge in [-0.3, -0.25) is 4.79 Å². The van der Waals surface area contributed by atoms with Crippen molar-refractivity contribution >= 4 is 5.78 Å². The molecular formula is C23H32O2. The molecule has 0 bridgehead atoms. The van der Waals surface area contributed by atoms with Crippen LogP contribution in [0.3, 0.4) is 0 Å². The Labute approximate surface area is 152 Å². The van der Waals surface area contributed by atoms with Crippen LogP contribution in [0.5, 0.6) is 0 Å². The van der Waals surface area contributed by atoms with Crippen molar-refractivity contribution in [1.82, 2.24) is 0 Å². The normalized spacial score (nSPS) is 48.8. The molecule has 2 nitrogen and oxygen atoms in total. The van der Waals surface area contributed by atoms with Crippen LogP contribution in [0.2, 0.25) is 0 Å². The second kappa shape index (κ2) is 5.67. The molecule has 0 unspecified atom stereocenters. The zero-order chi connectivity index (χ0) is 18.0. The summed E-state index contributed by atoms with van der Waals surface area (Å²) in [5.74, 6) is 2.58. The molecule has 4 aliphatic carbocycles. The van der Waals surface area contributed by atoms with Crippen molar-refractivity contribution in [2.45, 2.75) is 65.4 Å². The lowest BCUT2D eigenvalue weighted by atomic mass is 9.46. The summed E-state index contributed by atoms with van der Waals surface area (Å²) in [4.78, 5) is 12.0. The second-order valence-corrected chi connectivity index (χ2v) is 9.52. The third-order valence-corrected chi connectivity index (χ3v) is 8.65. The van der Waals surface area contributed by atoms with Crippen LogP contribution in [-0.4, -0.2) is 17.0 Å². The SMILES string of the molecule is C=CC[C@H]1C[C@H](O)[C@@]2(C)CC[C@H]3[C@@H](CCC4=CC(=O)C=C(C)[C@@]43C)[C@H]12. The molecular weight excluding hydrogens is 308 g/mol. The highest BCUT2D eigenvalue weighted by Gasteiger charge is 2.61. The molecule has 0 aromatic heterocycles. The number of ketones is 1. The van der Waals surface area contributed by atoms with E-state index in [0.717, 1.165) is 25.7 Å². The minimum atomic E-state index is -0.169. The van der Waals surface area contributed by atoms with Crippen molar-refractivity contribution in [2.24, 2.45) is 34.5 Å². The summed E-state index contributed by atoms with van der Waals surface area (Å²) in [7, 11) is 0. The van der Waals surface area contributed by atoms with Crippen molar-refractivity contribution in [3.8, 4) is 0 Å². The molecule has 2 heteroatoms. The minimum absolute atomic E-state index is 0.0461. The summed E-state index contributed by atoms with van der Waals surface area (Å²) in [6.07, 6.45) is 12.1. The van der Waals surface area contributed by atoms with Gasteiger partial charge in [-0.15, -0.1) is 6.58 Å². The number of allylic oxidation sites excluding steroid dienone is 5. The van der Waals surface area contributed by atoms with Gasteiger partial charge in [0.05, 0.1) is 6.10 Å². The average Bonchev–Trinajstić information content (AvgIpc) is 2.80. The molecule has 0 amide bonds. The van der Waals surface area contributed by atoms with Crippen LogP contribution in [0.1, 0.15) is 59.3 Å². The molecule has 0 saturated heterocycles. The van der Waals surface area contributed by atoms with E-state index in [1.807, 2.05) is 18.2 Å². The van der Waals surface area contributed by atoms with E-state index in [1.165, 1.54) is 24.0 Å². The maximum absolute atomic E-state index is 12.0. The Morgan fingerprint density at radius 2 is 2.08 bits per heavy atom. The number of carbonyl (C=O) groups excluding carboxylic acids is 1. The van der Waals surface area contributed by atoms with E-state index in [0.29, 0.717) is 23.7 Å². The monoisotopic (exact) mass is 340 g/mol. The van der Waals surface area contributed by atoms with Gasteiger partial charge in [0.2, 0.25) is 0 Å². The van der Waals surface area contributed by atoms with E-state index in [-0.39, 0.29) is 22.7 Å². The molecule has 0 radical (unpaired) electrons. The fourth-order valence-electron chi connectivity index (χ4n) is 7.28. The van der Waals surface area contributed by atoms with Crippen LogP contribution in [0.15, 0.2) is 36.0 Å². The molecule has 136 valence electrons. The van der Waals surface area contributed by atoms with Crippen LogP contribution < -0.4 is 0 Å². The highest BCUT2D eigenvalue weighted by molar-refractivity contribution is 6.02. The van der Waals surface area contributed by atoms with E-state index in [9.17, 15) is 9.90 Å². The third kappa shape index (κ3) is 2.22. The summed E-state index contributed by atoms with van der Waals surface area (Å²) in [5, 5.41) is 10.9. The zero-order valence-corrected chi connectivity index (χ0v) is 15.9. The number of aliphatic hydroxyl groups excluding tert-OH is 1. The molecule has 0 heterocycles. The van der Waals surface area contributed by atoms with Gasteiger partial charge < -0.3 is 5.11 Å². The maximum atomic E-state index is 12.0. The lowest BCUT2D eigenvalue weighted by Crippen LogP contribution is -2.52. The Bertz CT molecular complexity index is 672. The Morgan fingerprint density at radius 3 is 2.80 bits per heavy atom. The van der Waals surface area contributed by atoms with E-state index in [4.69, 9.17) is 0 Å². The van der Waals surface area contributed by atoms with Crippen LogP contribution in [-0.2, 0) is 4.79 Å². The molecule has 4 rings (SSSR count). The molecule has 1 N–H and O–H groups in total. The summed E-state index contributed by atoms with van der Waals surface area (Å²) in [6, 6.07) is 0. The molecule has 25 heavy (non-hydrogen) atoms. The van der Waals surface area contributed by atoms with Crippen molar-refractivity contribution in [3.05, 3.63) is 36.0 Å². The molecule has 7 atom stereocenters. The molecule has 0 aliphatic heterocycles. The van der Waals surface area contributed by atoms with Gasteiger partial charge in [-0.2, -0.15) is 0 Å². The van der Waals surface area contributed by atoms with Crippen LogP contribution >= 0.6 is 0 Å². The smallest absolute Gasteiger partial charge is 0.178 e. The second-order valence-electron chi connectivity index (χ2n) is 9.52. The summed E-state index contributed by atoms with van der Waals surface area (Å²) in [6.45, 7) is 10.8. The molecule has 0 spiro atoms. The van der Waals surface area contributed by atoms with Crippen molar-refractivity contribution in [3.63, 3.8) is 0 Å². The number of carbonyl (C=O) groups is 1. The highest BCUT2D eigenvalue weighted by atomic mass is 16.3. The average molecular weight is 341 g/mol. The van der Waals surface area contributed by atoms with Gasteiger partial charge in [-0.05, 0) is 86.7 Å². The quantitative estimate of drug-likeness (QED) is 0.730. The van der Waals surface area contributed by atoms with Crippen molar-refractivity contribution in [2.75, 3.05) is 0 Å². The Hall–Kier alpha value is -1.15. The molecule has 3 fully saturated rings. The van der Waals surface area contributed by atoms with E-state index in [2.05, 4.69) is 27.4 Å². The van der Waals surface area contributed by atoms with Gasteiger partial charge in [0, 0.05) is 5.41 Å². The zero-order valence-electron chi connectivity index (χ0n) is 15.9. The minimum Gasteiger partial charge on any atom is -0.393 e.